The van der Waals surface area contributed by atoms with Crippen LogP contribution < -0.4 is 5.73 Å². The van der Waals surface area contributed by atoms with Gasteiger partial charge in [-0.25, -0.2) is 13.6 Å². The van der Waals surface area contributed by atoms with Crippen molar-refractivity contribution >= 4 is 34.3 Å². The van der Waals surface area contributed by atoms with Gasteiger partial charge in [0, 0.05) is 0 Å². The predicted octanol–water partition coefficient (Wildman–Crippen LogP) is 2.91. The summed E-state index contributed by atoms with van der Waals surface area (Å²) in [7, 11) is 0. The van der Waals surface area contributed by atoms with E-state index in [1.54, 1.807) is 6.92 Å². The van der Waals surface area contributed by atoms with Gasteiger partial charge in [0.05, 0.1) is 17.1 Å². The van der Waals surface area contributed by atoms with E-state index >= 15 is 0 Å². The first kappa shape index (κ1) is 17.3. The largest absolute Gasteiger partial charge is 0.464 e. The second-order valence-electron chi connectivity index (χ2n) is 3.32. The zero-order valence-corrected chi connectivity index (χ0v) is 11.9. The molecule has 0 aromatic heterocycles. The number of esters is 1. The number of ether oxygens (including phenoxy) is 1. The first-order chi connectivity index (χ1) is 7.99. The molecule has 18 heavy (non-hydrogen) atoms. The van der Waals surface area contributed by atoms with Crippen molar-refractivity contribution in [2.75, 3.05) is 6.61 Å². The van der Waals surface area contributed by atoms with E-state index in [0.717, 1.165) is 0 Å². The zero-order chi connectivity index (χ0) is 13.0. The van der Waals surface area contributed by atoms with E-state index < -0.39 is 24.0 Å². The Morgan fingerprint density at radius 3 is 2.72 bits per heavy atom. The third-order valence-corrected chi connectivity index (χ3v) is 3.00. The van der Waals surface area contributed by atoms with Crippen molar-refractivity contribution in [1.82, 2.24) is 0 Å². The lowest BCUT2D eigenvalue weighted by atomic mass is 10.0. The highest BCUT2D eigenvalue weighted by Crippen LogP contribution is 2.28. The van der Waals surface area contributed by atoms with E-state index in [1.807, 2.05) is 0 Å². The summed E-state index contributed by atoms with van der Waals surface area (Å²) in [6.45, 7) is 1.63. The zero-order valence-electron chi connectivity index (χ0n) is 9.53. The summed E-state index contributed by atoms with van der Waals surface area (Å²) in [5, 5.41) is 0. The van der Waals surface area contributed by atoms with Crippen LogP contribution in [0.4, 0.5) is 8.78 Å². The normalized spacial score (nSPS) is 13.4. The van der Waals surface area contributed by atoms with Crippen molar-refractivity contribution < 1.29 is 18.3 Å². The predicted molar refractivity (Wildman–Crippen MR) is 69.8 cm³/mol. The fourth-order valence-corrected chi connectivity index (χ4v) is 1.83. The maximum atomic E-state index is 13.6. The number of rotatable bonds is 4. The number of halogens is 4. The minimum Gasteiger partial charge on any atom is -0.464 e. The summed E-state index contributed by atoms with van der Waals surface area (Å²) in [6.07, 6.45) is -2.02. The molecule has 0 aliphatic heterocycles. The first-order valence-corrected chi connectivity index (χ1v) is 5.78. The van der Waals surface area contributed by atoms with Gasteiger partial charge < -0.3 is 10.5 Å². The van der Waals surface area contributed by atoms with Gasteiger partial charge in [-0.3, -0.25) is 0 Å². The van der Waals surface area contributed by atoms with Gasteiger partial charge in [0.1, 0.15) is 5.82 Å². The van der Waals surface area contributed by atoms with Gasteiger partial charge in [0.2, 0.25) is 6.17 Å². The van der Waals surface area contributed by atoms with Gasteiger partial charge in [0.25, 0.3) is 0 Å². The highest BCUT2D eigenvalue weighted by atomic mass is 79.9. The molecule has 0 aliphatic carbocycles. The highest BCUT2D eigenvalue weighted by molar-refractivity contribution is 9.10. The number of alkyl halides is 1. The standard InChI is InChI=1S/C11H12BrF2NO2.ClH/c1-2-17-11(16)9(14)10(15)6-4-3-5-7(13)8(6)12;/h3-5,9-10H,2,15H2,1H3;1H/t9?,10-;/m1./s1. The minimum atomic E-state index is -2.02. The van der Waals surface area contributed by atoms with Gasteiger partial charge in [-0.15, -0.1) is 12.4 Å². The van der Waals surface area contributed by atoms with Crippen LogP contribution >= 0.6 is 28.3 Å². The van der Waals surface area contributed by atoms with Crippen LogP contribution in [0.15, 0.2) is 22.7 Å². The molecule has 2 atom stereocenters. The van der Waals surface area contributed by atoms with Gasteiger partial charge in [-0.2, -0.15) is 0 Å². The quantitative estimate of drug-likeness (QED) is 0.855. The molecule has 1 aromatic carbocycles. The molecule has 0 amide bonds. The van der Waals surface area contributed by atoms with Crippen LogP contribution in [-0.2, 0) is 9.53 Å². The van der Waals surface area contributed by atoms with Crippen LogP contribution in [0, 0.1) is 5.82 Å². The SMILES string of the molecule is CCOC(=O)C(F)[C@H](N)c1cccc(F)c1Br.Cl. The van der Waals surface area contributed by atoms with Crippen LogP contribution in [-0.4, -0.2) is 18.7 Å². The lowest BCUT2D eigenvalue weighted by Crippen LogP contribution is -2.31. The number of hydrogen-bond donors (Lipinski definition) is 1. The van der Waals surface area contributed by atoms with E-state index in [-0.39, 0.29) is 29.1 Å². The summed E-state index contributed by atoms with van der Waals surface area (Å²) < 4.78 is 31.4. The van der Waals surface area contributed by atoms with E-state index in [9.17, 15) is 13.6 Å². The Morgan fingerprint density at radius 2 is 2.17 bits per heavy atom. The molecule has 1 rings (SSSR count). The fourth-order valence-electron chi connectivity index (χ4n) is 1.30. The molecule has 0 saturated heterocycles. The number of benzene rings is 1. The fraction of sp³-hybridized carbons (Fsp3) is 0.364. The van der Waals surface area contributed by atoms with Gasteiger partial charge in [-0.1, -0.05) is 12.1 Å². The van der Waals surface area contributed by atoms with Crippen molar-refractivity contribution in [3.05, 3.63) is 34.1 Å². The van der Waals surface area contributed by atoms with Crippen LogP contribution in [0.2, 0.25) is 0 Å². The van der Waals surface area contributed by atoms with E-state index in [0.29, 0.717) is 0 Å². The van der Waals surface area contributed by atoms with Crippen LogP contribution in [0.3, 0.4) is 0 Å². The Kier molecular flexibility index (Phi) is 7.35. The maximum absolute atomic E-state index is 13.6. The van der Waals surface area contributed by atoms with Crippen LogP contribution in [0.1, 0.15) is 18.5 Å². The third kappa shape index (κ3) is 3.90. The van der Waals surface area contributed by atoms with Crippen molar-refractivity contribution in [1.29, 1.82) is 0 Å². The third-order valence-electron chi connectivity index (χ3n) is 2.17. The van der Waals surface area contributed by atoms with Crippen molar-refractivity contribution in [2.24, 2.45) is 5.73 Å². The number of hydrogen-bond acceptors (Lipinski definition) is 3. The van der Waals surface area contributed by atoms with Crippen LogP contribution in [0.25, 0.3) is 0 Å². The number of carbonyl (C=O) groups excluding carboxylic acids is 1. The second kappa shape index (κ2) is 7.66. The average Bonchev–Trinajstić information content (AvgIpc) is 2.31. The lowest BCUT2D eigenvalue weighted by Gasteiger charge is -2.17. The highest BCUT2D eigenvalue weighted by Gasteiger charge is 2.29. The summed E-state index contributed by atoms with van der Waals surface area (Å²) in [5.41, 5.74) is 5.75. The summed E-state index contributed by atoms with van der Waals surface area (Å²) in [4.78, 5) is 11.2. The lowest BCUT2D eigenvalue weighted by molar-refractivity contribution is -0.149. The van der Waals surface area contributed by atoms with Crippen molar-refractivity contribution in [3.63, 3.8) is 0 Å². The molecule has 2 N–H and O–H groups in total. The summed E-state index contributed by atoms with van der Waals surface area (Å²) in [5.74, 6) is -1.61. The Bertz CT molecular complexity index is 420. The molecule has 0 radical (unpaired) electrons. The van der Waals surface area contributed by atoms with Gasteiger partial charge in [0.15, 0.2) is 0 Å². The summed E-state index contributed by atoms with van der Waals surface area (Å²) >= 11 is 2.96. The van der Waals surface area contributed by atoms with Crippen LogP contribution in [0.5, 0.6) is 0 Å². The Labute approximate surface area is 118 Å². The number of carbonyl (C=O) groups is 1. The molecule has 0 saturated carbocycles. The molecule has 0 bridgehead atoms. The monoisotopic (exact) mass is 343 g/mol. The van der Waals surface area contributed by atoms with Gasteiger partial charge >= 0.3 is 5.97 Å². The molecule has 1 aromatic rings. The minimum absolute atomic E-state index is 0. The second-order valence-corrected chi connectivity index (χ2v) is 4.12. The first-order valence-electron chi connectivity index (χ1n) is 4.99. The average molecular weight is 345 g/mol. The molecule has 0 fully saturated rings. The molecule has 1 unspecified atom stereocenters. The molecule has 7 heteroatoms. The molecule has 0 spiro atoms. The van der Waals surface area contributed by atoms with Gasteiger partial charge in [-0.05, 0) is 34.5 Å². The van der Waals surface area contributed by atoms with Crippen molar-refractivity contribution in [3.8, 4) is 0 Å². The summed E-state index contributed by atoms with van der Waals surface area (Å²) in [6, 6.07) is 2.79. The molecule has 102 valence electrons. The number of nitrogens with two attached hydrogens (primary N) is 1. The van der Waals surface area contributed by atoms with E-state index in [4.69, 9.17) is 5.73 Å². The topological polar surface area (TPSA) is 52.3 Å². The maximum Gasteiger partial charge on any atom is 0.342 e. The molecule has 3 nitrogen and oxygen atoms in total. The smallest absolute Gasteiger partial charge is 0.342 e. The van der Waals surface area contributed by atoms with E-state index in [2.05, 4.69) is 20.7 Å². The van der Waals surface area contributed by atoms with Crippen molar-refractivity contribution in [2.45, 2.75) is 19.1 Å². The van der Waals surface area contributed by atoms with E-state index in [1.165, 1.54) is 18.2 Å². The Balaban J connectivity index is 0.00000289. The Hall–Kier alpha value is -0.720. The molecular weight excluding hydrogens is 331 g/mol. The molecule has 0 aliphatic rings. The molecule has 0 heterocycles. The Morgan fingerprint density at radius 1 is 1.56 bits per heavy atom. The molecular formula is C11H13BrClF2NO2.